The maximum absolute atomic E-state index is 9.25. The van der Waals surface area contributed by atoms with Crippen LogP contribution in [0.5, 0.6) is 11.5 Å². The number of pyridine rings is 1. The minimum atomic E-state index is 0.621. The molecule has 120 valence electrons. The Balaban J connectivity index is 2.36. The molecule has 2 rings (SSSR count). The van der Waals surface area contributed by atoms with Gasteiger partial charge in [-0.3, -0.25) is 0 Å². The average Bonchev–Trinajstić information content (AvgIpc) is 2.61. The fourth-order valence-electron chi connectivity index (χ4n) is 2.11. The van der Waals surface area contributed by atoms with Crippen molar-refractivity contribution in [2.45, 2.75) is 24.8 Å². The standard InChI is InChI=1S/C18H20N2O2S/c1-4-5-10-23-18-14(12-19)6-8-15(20-18)13-7-9-16(21-2)17(11-13)22-3/h6-9,11H,4-5,10H2,1-3H3. The Morgan fingerprint density at radius 2 is 1.91 bits per heavy atom. The van der Waals surface area contributed by atoms with Gasteiger partial charge in [0, 0.05) is 5.56 Å². The summed E-state index contributed by atoms with van der Waals surface area (Å²) < 4.78 is 10.6. The third-order valence-electron chi connectivity index (χ3n) is 3.40. The Kier molecular flexibility index (Phi) is 6.30. The highest BCUT2D eigenvalue weighted by atomic mass is 32.2. The van der Waals surface area contributed by atoms with Crippen molar-refractivity contribution < 1.29 is 9.47 Å². The zero-order valence-electron chi connectivity index (χ0n) is 13.6. The molecule has 23 heavy (non-hydrogen) atoms. The van der Waals surface area contributed by atoms with E-state index in [9.17, 15) is 5.26 Å². The Hall–Kier alpha value is -2.19. The second-order valence-electron chi connectivity index (χ2n) is 4.93. The van der Waals surface area contributed by atoms with E-state index in [1.165, 1.54) is 0 Å². The summed E-state index contributed by atoms with van der Waals surface area (Å²) in [6, 6.07) is 11.6. The first-order valence-electron chi connectivity index (χ1n) is 7.49. The predicted octanol–water partition coefficient (Wildman–Crippen LogP) is 4.53. The van der Waals surface area contributed by atoms with Gasteiger partial charge in [-0.15, -0.1) is 11.8 Å². The predicted molar refractivity (Wildman–Crippen MR) is 93.1 cm³/mol. The third-order valence-corrected chi connectivity index (χ3v) is 4.47. The molecule has 0 saturated heterocycles. The lowest BCUT2D eigenvalue weighted by atomic mass is 10.1. The van der Waals surface area contributed by atoms with Crippen molar-refractivity contribution in [3.8, 4) is 28.8 Å². The molecular weight excluding hydrogens is 308 g/mol. The molecule has 1 aromatic heterocycles. The van der Waals surface area contributed by atoms with Gasteiger partial charge in [-0.25, -0.2) is 4.98 Å². The number of ether oxygens (including phenoxy) is 2. The summed E-state index contributed by atoms with van der Waals surface area (Å²) in [7, 11) is 3.22. The first-order valence-corrected chi connectivity index (χ1v) is 8.48. The lowest BCUT2D eigenvalue weighted by Crippen LogP contribution is -1.94. The van der Waals surface area contributed by atoms with E-state index in [-0.39, 0.29) is 0 Å². The van der Waals surface area contributed by atoms with Crippen LogP contribution in [0.15, 0.2) is 35.4 Å². The number of benzene rings is 1. The molecule has 0 aliphatic heterocycles. The number of rotatable bonds is 7. The van der Waals surface area contributed by atoms with Gasteiger partial charge in [-0.1, -0.05) is 13.3 Å². The van der Waals surface area contributed by atoms with Crippen LogP contribution in [-0.4, -0.2) is 25.0 Å². The SMILES string of the molecule is CCCCSc1nc(-c2ccc(OC)c(OC)c2)ccc1C#N. The molecule has 0 atom stereocenters. The van der Waals surface area contributed by atoms with E-state index in [1.54, 1.807) is 26.0 Å². The van der Waals surface area contributed by atoms with Crippen LogP contribution in [0, 0.1) is 11.3 Å². The number of thioether (sulfide) groups is 1. The van der Waals surface area contributed by atoms with Crippen LogP contribution >= 0.6 is 11.8 Å². The van der Waals surface area contributed by atoms with Crippen LogP contribution in [-0.2, 0) is 0 Å². The molecule has 0 saturated carbocycles. The topological polar surface area (TPSA) is 55.1 Å². The van der Waals surface area contributed by atoms with Crippen molar-refractivity contribution >= 4 is 11.8 Å². The molecule has 1 heterocycles. The summed E-state index contributed by atoms with van der Waals surface area (Å²) in [5, 5.41) is 10.0. The minimum absolute atomic E-state index is 0.621. The average molecular weight is 328 g/mol. The van der Waals surface area contributed by atoms with Crippen molar-refractivity contribution in [3.05, 3.63) is 35.9 Å². The summed E-state index contributed by atoms with van der Waals surface area (Å²) in [5.74, 6) is 2.31. The molecule has 4 nitrogen and oxygen atoms in total. The molecule has 0 aliphatic rings. The molecule has 0 spiro atoms. The van der Waals surface area contributed by atoms with E-state index >= 15 is 0 Å². The van der Waals surface area contributed by atoms with Crippen molar-refractivity contribution in [1.29, 1.82) is 5.26 Å². The third kappa shape index (κ3) is 4.17. The Labute approximate surface area is 141 Å². The zero-order valence-corrected chi connectivity index (χ0v) is 14.4. The van der Waals surface area contributed by atoms with Gasteiger partial charge in [-0.2, -0.15) is 5.26 Å². The largest absolute Gasteiger partial charge is 0.493 e. The normalized spacial score (nSPS) is 10.2. The number of methoxy groups -OCH3 is 2. The van der Waals surface area contributed by atoms with Crippen LogP contribution < -0.4 is 9.47 Å². The van der Waals surface area contributed by atoms with Crippen LogP contribution in [0.2, 0.25) is 0 Å². The fourth-order valence-corrected chi connectivity index (χ4v) is 3.16. The molecule has 0 aliphatic carbocycles. The Morgan fingerprint density at radius 1 is 1.13 bits per heavy atom. The van der Waals surface area contributed by atoms with Gasteiger partial charge in [0.25, 0.3) is 0 Å². The Morgan fingerprint density at radius 3 is 2.57 bits per heavy atom. The quantitative estimate of drug-likeness (QED) is 0.552. The summed E-state index contributed by atoms with van der Waals surface area (Å²) in [6.45, 7) is 2.15. The molecule has 0 unspecified atom stereocenters. The highest BCUT2D eigenvalue weighted by Gasteiger charge is 2.10. The Bertz CT molecular complexity index is 711. The molecule has 0 amide bonds. The van der Waals surface area contributed by atoms with E-state index < -0.39 is 0 Å². The number of unbranched alkanes of at least 4 members (excludes halogenated alkanes) is 1. The van der Waals surface area contributed by atoms with Gasteiger partial charge in [0.15, 0.2) is 11.5 Å². The van der Waals surface area contributed by atoms with Crippen LogP contribution in [0.4, 0.5) is 0 Å². The van der Waals surface area contributed by atoms with E-state index in [0.717, 1.165) is 34.9 Å². The lowest BCUT2D eigenvalue weighted by molar-refractivity contribution is 0.355. The summed E-state index contributed by atoms with van der Waals surface area (Å²) in [5.41, 5.74) is 2.38. The maximum Gasteiger partial charge on any atom is 0.161 e. The molecular formula is C18H20N2O2S. The summed E-state index contributed by atoms with van der Waals surface area (Å²) >= 11 is 1.63. The minimum Gasteiger partial charge on any atom is -0.493 e. The molecule has 5 heteroatoms. The second kappa shape index (κ2) is 8.44. The number of hydrogen-bond donors (Lipinski definition) is 0. The smallest absolute Gasteiger partial charge is 0.161 e. The van der Waals surface area contributed by atoms with Crippen molar-refractivity contribution in [2.75, 3.05) is 20.0 Å². The molecule has 1 aromatic carbocycles. The van der Waals surface area contributed by atoms with E-state index in [2.05, 4.69) is 18.0 Å². The number of hydrogen-bond acceptors (Lipinski definition) is 5. The lowest BCUT2D eigenvalue weighted by Gasteiger charge is -2.10. The first kappa shape index (κ1) is 17.2. The van der Waals surface area contributed by atoms with Gasteiger partial charge in [0.1, 0.15) is 11.1 Å². The molecule has 2 aromatic rings. The molecule has 0 fully saturated rings. The highest BCUT2D eigenvalue weighted by molar-refractivity contribution is 7.99. The number of nitrogens with zero attached hydrogens (tertiary/aromatic N) is 2. The number of aromatic nitrogens is 1. The summed E-state index contributed by atoms with van der Waals surface area (Å²) in [4.78, 5) is 4.66. The van der Waals surface area contributed by atoms with Gasteiger partial charge in [-0.05, 0) is 42.5 Å². The first-order chi connectivity index (χ1) is 11.2. The zero-order chi connectivity index (χ0) is 16.7. The van der Waals surface area contributed by atoms with Gasteiger partial charge in [0.2, 0.25) is 0 Å². The summed E-state index contributed by atoms with van der Waals surface area (Å²) in [6.07, 6.45) is 2.24. The van der Waals surface area contributed by atoms with E-state index in [0.29, 0.717) is 17.1 Å². The van der Waals surface area contributed by atoms with Crippen LogP contribution in [0.3, 0.4) is 0 Å². The van der Waals surface area contributed by atoms with Crippen molar-refractivity contribution in [2.24, 2.45) is 0 Å². The molecule has 0 radical (unpaired) electrons. The maximum atomic E-state index is 9.25. The van der Waals surface area contributed by atoms with Crippen molar-refractivity contribution in [1.82, 2.24) is 4.98 Å². The van der Waals surface area contributed by atoms with E-state index in [1.807, 2.05) is 30.3 Å². The van der Waals surface area contributed by atoms with Gasteiger partial charge >= 0.3 is 0 Å². The number of nitriles is 1. The fraction of sp³-hybridized carbons (Fsp3) is 0.333. The highest BCUT2D eigenvalue weighted by Crippen LogP contribution is 2.33. The molecule has 0 bridgehead atoms. The van der Waals surface area contributed by atoms with E-state index in [4.69, 9.17) is 9.47 Å². The van der Waals surface area contributed by atoms with Gasteiger partial charge < -0.3 is 9.47 Å². The second-order valence-corrected chi connectivity index (χ2v) is 6.02. The van der Waals surface area contributed by atoms with Crippen LogP contribution in [0.25, 0.3) is 11.3 Å². The monoisotopic (exact) mass is 328 g/mol. The van der Waals surface area contributed by atoms with Crippen molar-refractivity contribution in [3.63, 3.8) is 0 Å². The van der Waals surface area contributed by atoms with Crippen LogP contribution in [0.1, 0.15) is 25.3 Å². The van der Waals surface area contributed by atoms with Gasteiger partial charge in [0.05, 0.1) is 25.5 Å². The molecule has 0 N–H and O–H groups in total.